The van der Waals surface area contributed by atoms with Gasteiger partial charge in [-0.1, -0.05) is 0 Å². The van der Waals surface area contributed by atoms with Crippen molar-refractivity contribution >= 4 is 5.69 Å². The molecule has 0 aliphatic carbocycles. The van der Waals surface area contributed by atoms with Gasteiger partial charge >= 0.3 is 6.18 Å². The Labute approximate surface area is 83.9 Å². The van der Waals surface area contributed by atoms with Gasteiger partial charge < -0.3 is 11.5 Å². The minimum atomic E-state index is -4.63. The van der Waals surface area contributed by atoms with Crippen LogP contribution < -0.4 is 11.5 Å². The maximum absolute atomic E-state index is 12.9. The second-order valence-electron chi connectivity index (χ2n) is 3.24. The number of hydrogen-bond donors (Lipinski definition) is 2. The van der Waals surface area contributed by atoms with Crippen LogP contribution in [0.1, 0.15) is 17.2 Å². The topological polar surface area (TPSA) is 52.0 Å². The van der Waals surface area contributed by atoms with Gasteiger partial charge in [0.05, 0.1) is 0 Å². The number of rotatable bonds is 1. The highest BCUT2D eigenvalue weighted by Crippen LogP contribution is 2.34. The number of hydrogen-bond acceptors (Lipinski definition) is 2. The van der Waals surface area contributed by atoms with E-state index in [1.165, 1.54) is 6.92 Å². The maximum Gasteiger partial charge on any atom is 0.407 e. The van der Waals surface area contributed by atoms with Crippen LogP contribution in [0.4, 0.5) is 23.2 Å². The summed E-state index contributed by atoms with van der Waals surface area (Å²) >= 11 is 0. The number of anilines is 1. The van der Waals surface area contributed by atoms with Crippen LogP contribution in [0, 0.1) is 12.7 Å². The molecule has 0 spiro atoms. The Morgan fingerprint density at radius 1 is 1.27 bits per heavy atom. The molecular formula is C9H10F4N2. The van der Waals surface area contributed by atoms with E-state index in [0.29, 0.717) is 6.07 Å². The van der Waals surface area contributed by atoms with Gasteiger partial charge in [-0.05, 0) is 24.6 Å². The lowest BCUT2D eigenvalue weighted by atomic mass is 10.0. The molecule has 0 bridgehead atoms. The van der Waals surface area contributed by atoms with Crippen LogP contribution in [0.15, 0.2) is 12.1 Å². The summed E-state index contributed by atoms with van der Waals surface area (Å²) in [4.78, 5) is 0. The molecule has 0 heterocycles. The summed E-state index contributed by atoms with van der Waals surface area (Å²) in [7, 11) is 0. The molecule has 0 aliphatic heterocycles. The van der Waals surface area contributed by atoms with Gasteiger partial charge in [0.1, 0.15) is 11.9 Å². The Bertz CT molecular complexity index is 373. The average Bonchev–Trinajstić information content (AvgIpc) is 2.08. The molecule has 1 atom stereocenters. The lowest BCUT2D eigenvalue weighted by Gasteiger charge is -2.18. The standard InChI is InChI=1S/C9H10F4N2/c1-4-2-5(10)3-6(7(4)14)8(15)9(11,12)13/h2-3,8H,14-15H2,1H3/t8-/m1/s1. The lowest BCUT2D eigenvalue weighted by molar-refractivity contribution is -0.149. The first-order chi connectivity index (χ1) is 6.73. The summed E-state index contributed by atoms with van der Waals surface area (Å²) in [5, 5.41) is 0. The first-order valence-corrected chi connectivity index (χ1v) is 4.11. The van der Waals surface area contributed by atoms with Gasteiger partial charge in [0.25, 0.3) is 0 Å². The van der Waals surface area contributed by atoms with E-state index in [9.17, 15) is 17.6 Å². The lowest BCUT2D eigenvalue weighted by Crippen LogP contribution is -2.29. The quantitative estimate of drug-likeness (QED) is 0.565. The Balaban J connectivity index is 3.25. The van der Waals surface area contributed by atoms with E-state index >= 15 is 0 Å². The van der Waals surface area contributed by atoms with Crippen LogP contribution in [-0.2, 0) is 0 Å². The van der Waals surface area contributed by atoms with Crippen LogP contribution >= 0.6 is 0 Å². The van der Waals surface area contributed by atoms with Crippen LogP contribution in [0.3, 0.4) is 0 Å². The van der Waals surface area contributed by atoms with E-state index < -0.39 is 23.6 Å². The molecule has 0 aliphatic rings. The second kappa shape index (κ2) is 3.69. The monoisotopic (exact) mass is 222 g/mol. The number of halogens is 4. The largest absolute Gasteiger partial charge is 0.407 e. The molecule has 2 nitrogen and oxygen atoms in total. The number of nitrogens with two attached hydrogens (primary N) is 2. The van der Waals surface area contributed by atoms with Crippen molar-refractivity contribution in [3.05, 3.63) is 29.1 Å². The third-order valence-corrected chi connectivity index (χ3v) is 2.07. The number of nitrogen functional groups attached to an aromatic ring is 1. The van der Waals surface area contributed by atoms with Crippen molar-refractivity contribution < 1.29 is 17.6 Å². The molecule has 0 saturated carbocycles. The van der Waals surface area contributed by atoms with Crippen molar-refractivity contribution in [3.63, 3.8) is 0 Å². The van der Waals surface area contributed by atoms with Crippen LogP contribution in [0.5, 0.6) is 0 Å². The van der Waals surface area contributed by atoms with E-state index in [1.807, 2.05) is 0 Å². The third-order valence-electron chi connectivity index (χ3n) is 2.07. The van der Waals surface area contributed by atoms with Gasteiger partial charge in [0.2, 0.25) is 0 Å². The summed E-state index contributed by atoms with van der Waals surface area (Å²) < 4.78 is 49.7. The summed E-state index contributed by atoms with van der Waals surface area (Å²) in [6.45, 7) is 1.42. The zero-order valence-electron chi connectivity index (χ0n) is 7.90. The molecular weight excluding hydrogens is 212 g/mol. The zero-order valence-corrected chi connectivity index (χ0v) is 7.90. The molecule has 15 heavy (non-hydrogen) atoms. The van der Waals surface area contributed by atoms with Gasteiger partial charge in [-0.3, -0.25) is 0 Å². The van der Waals surface area contributed by atoms with Gasteiger partial charge in [0, 0.05) is 11.3 Å². The SMILES string of the molecule is Cc1cc(F)cc([C@@H](N)C(F)(F)F)c1N. The highest BCUT2D eigenvalue weighted by Gasteiger charge is 2.39. The molecule has 1 aromatic rings. The van der Waals surface area contributed by atoms with Crippen molar-refractivity contribution in [2.45, 2.75) is 19.1 Å². The molecule has 0 saturated heterocycles. The third kappa shape index (κ3) is 2.38. The fourth-order valence-electron chi connectivity index (χ4n) is 1.21. The summed E-state index contributed by atoms with van der Waals surface area (Å²) in [6.07, 6.45) is -4.63. The smallest absolute Gasteiger partial charge is 0.398 e. The van der Waals surface area contributed by atoms with Crippen molar-refractivity contribution in [2.24, 2.45) is 5.73 Å². The first-order valence-electron chi connectivity index (χ1n) is 4.11. The molecule has 0 amide bonds. The van der Waals surface area contributed by atoms with Crippen molar-refractivity contribution in [3.8, 4) is 0 Å². The molecule has 84 valence electrons. The van der Waals surface area contributed by atoms with Crippen molar-refractivity contribution in [1.29, 1.82) is 0 Å². The molecule has 0 aromatic heterocycles. The van der Waals surface area contributed by atoms with E-state index in [1.54, 1.807) is 0 Å². The van der Waals surface area contributed by atoms with Crippen molar-refractivity contribution in [2.75, 3.05) is 5.73 Å². The minimum Gasteiger partial charge on any atom is -0.398 e. The molecule has 0 radical (unpaired) electrons. The predicted molar refractivity (Wildman–Crippen MR) is 48.5 cm³/mol. The van der Waals surface area contributed by atoms with E-state index in [-0.39, 0.29) is 11.3 Å². The summed E-state index contributed by atoms with van der Waals surface area (Å²) in [5.41, 5.74) is 10.0. The minimum absolute atomic E-state index is 0.124. The van der Waals surface area contributed by atoms with Crippen LogP contribution in [-0.4, -0.2) is 6.18 Å². The highest BCUT2D eigenvalue weighted by molar-refractivity contribution is 5.55. The van der Waals surface area contributed by atoms with E-state index in [4.69, 9.17) is 11.5 Å². The fraction of sp³-hybridized carbons (Fsp3) is 0.333. The van der Waals surface area contributed by atoms with Gasteiger partial charge in [-0.25, -0.2) is 4.39 Å². The van der Waals surface area contributed by atoms with Crippen LogP contribution in [0.25, 0.3) is 0 Å². The van der Waals surface area contributed by atoms with Gasteiger partial charge in [-0.15, -0.1) is 0 Å². The highest BCUT2D eigenvalue weighted by atomic mass is 19.4. The van der Waals surface area contributed by atoms with E-state index in [0.717, 1.165) is 6.07 Å². The maximum atomic E-state index is 12.9. The Kier molecular flexibility index (Phi) is 2.90. The fourth-order valence-corrected chi connectivity index (χ4v) is 1.21. The van der Waals surface area contributed by atoms with E-state index in [2.05, 4.69) is 0 Å². The number of alkyl halides is 3. The normalized spacial score (nSPS) is 14.0. The average molecular weight is 222 g/mol. The first kappa shape index (κ1) is 11.8. The van der Waals surface area contributed by atoms with Crippen molar-refractivity contribution in [1.82, 2.24) is 0 Å². The number of benzene rings is 1. The molecule has 0 fully saturated rings. The molecule has 6 heteroatoms. The molecule has 1 aromatic carbocycles. The Morgan fingerprint density at radius 2 is 1.80 bits per heavy atom. The Morgan fingerprint density at radius 3 is 2.27 bits per heavy atom. The molecule has 1 rings (SSSR count). The summed E-state index contributed by atoms with van der Waals surface area (Å²) in [6, 6.07) is -0.491. The summed E-state index contributed by atoms with van der Waals surface area (Å²) in [5.74, 6) is -0.781. The second-order valence-corrected chi connectivity index (χ2v) is 3.24. The molecule has 4 N–H and O–H groups in total. The zero-order chi connectivity index (χ0) is 11.8. The van der Waals surface area contributed by atoms with Gasteiger partial charge in [0.15, 0.2) is 0 Å². The Hall–Kier alpha value is -1.30. The predicted octanol–water partition coefficient (Wildman–Crippen LogP) is 2.28. The van der Waals surface area contributed by atoms with Crippen LogP contribution in [0.2, 0.25) is 0 Å². The molecule has 0 unspecified atom stereocenters. The van der Waals surface area contributed by atoms with Gasteiger partial charge in [-0.2, -0.15) is 13.2 Å². The number of aryl methyl sites for hydroxylation is 1.